The summed E-state index contributed by atoms with van der Waals surface area (Å²) in [5, 5.41) is 14.8. The fraction of sp³-hybridized carbons (Fsp3) is 0.533. The maximum atomic E-state index is 11.9. The smallest absolute Gasteiger partial charge is 0.315 e. The summed E-state index contributed by atoms with van der Waals surface area (Å²) in [5.41, 5.74) is 2.81. The fourth-order valence-electron chi connectivity index (χ4n) is 1.88. The monoisotopic (exact) mass is 264 g/mol. The van der Waals surface area contributed by atoms with Crippen molar-refractivity contribution in [2.24, 2.45) is 0 Å². The molecule has 0 aliphatic rings. The van der Waals surface area contributed by atoms with Crippen molar-refractivity contribution in [2.75, 3.05) is 6.61 Å². The molecule has 1 rings (SSSR count). The Morgan fingerprint density at radius 1 is 1.37 bits per heavy atom. The number of nitrogens with one attached hydrogen (secondary N) is 2. The number of amides is 2. The van der Waals surface area contributed by atoms with E-state index in [0.717, 1.165) is 11.1 Å². The highest BCUT2D eigenvalue weighted by molar-refractivity contribution is 5.75. The molecular weight excluding hydrogens is 240 g/mol. The zero-order valence-corrected chi connectivity index (χ0v) is 12.4. The van der Waals surface area contributed by atoms with E-state index in [4.69, 9.17) is 5.11 Å². The SMILES string of the molecule is Cc1ccc(C)c(C(C)NC(=O)NC(C)(C)CO)c1. The van der Waals surface area contributed by atoms with Crippen LogP contribution in [0, 0.1) is 13.8 Å². The first-order valence-corrected chi connectivity index (χ1v) is 6.52. The van der Waals surface area contributed by atoms with Gasteiger partial charge in [0.25, 0.3) is 0 Å². The maximum Gasteiger partial charge on any atom is 0.315 e. The number of hydrogen-bond acceptors (Lipinski definition) is 2. The number of aliphatic hydroxyl groups excluding tert-OH is 1. The second-order valence-corrected chi connectivity index (χ2v) is 5.72. The van der Waals surface area contributed by atoms with E-state index in [1.54, 1.807) is 13.8 Å². The summed E-state index contributed by atoms with van der Waals surface area (Å²) < 4.78 is 0. The van der Waals surface area contributed by atoms with Crippen LogP contribution in [0.25, 0.3) is 0 Å². The number of benzene rings is 1. The normalized spacial score (nSPS) is 12.9. The summed E-state index contributed by atoms with van der Waals surface area (Å²) in [5.74, 6) is 0. The molecule has 0 saturated heterocycles. The van der Waals surface area contributed by atoms with Gasteiger partial charge in [-0.3, -0.25) is 0 Å². The summed E-state index contributed by atoms with van der Waals surface area (Å²) in [6, 6.07) is 5.85. The summed E-state index contributed by atoms with van der Waals surface area (Å²) >= 11 is 0. The van der Waals surface area contributed by atoms with Gasteiger partial charge in [-0.1, -0.05) is 23.8 Å². The molecular formula is C15H24N2O2. The standard InChI is InChI=1S/C15H24N2O2/c1-10-6-7-11(2)13(8-10)12(3)16-14(19)17-15(4,5)9-18/h6-8,12,18H,9H2,1-5H3,(H2,16,17,19). The molecule has 3 N–H and O–H groups in total. The van der Waals surface area contributed by atoms with E-state index >= 15 is 0 Å². The molecule has 0 fully saturated rings. The van der Waals surface area contributed by atoms with E-state index in [9.17, 15) is 4.79 Å². The Kier molecular flexibility index (Phi) is 4.95. The van der Waals surface area contributed by atoms with Crippen molar-refractivity contribution < 1.29 is 9.90 Å². The Labute approximate surface area is 115 Å². The van der Waals surface area contributed by atoms with Crippen molar-refractivity contribution >= 4 is 6.03 Å². The Balaban J connectivity index is 2.72. The van der Waals surface area contributed by atoms with Gasteiger partial charge in [0, 0.05) is 0 Å². The molecule has 1 atom stereocenters. The molecule has 106 valence electrons. The first kappa shape index (κ1) is 15.5. The number of carbonyl (C=O) groups is 1. The van der Waals surface area contributed by atoms with Crippen molar-refractivity contribution in [3.05, 3.63) is 34.9 Å². The van der Waals surface area contributed by atoms with Crippen LogP contribution in [0.4, 0.5) is 4.79 Å². The van der Waals surface area contributed by atoms with Crippen LogP contribution in [0.3, 0.4) is 0 Å². The number of carbonyl (C=O) groups excluding carboxylic acids is 1. The molecule has 4 heteroatoms. The lowest BCUT2D eigenvalue weighted by atomic mass is 10.00. The van der Waals surface area contributed by atoms with Gasteiger partial charge in [-0.05, 0) is 45.7 Å². The van der Waals surface area contributed by atoms with Crippen LogP contribution in [0.15, 0.2) is 18.2 Å². The van der Waals surface area contributed by atoms with Gasteiger partial charge in [0.05, 0.1) is 18.2 Å². The van der Waals surface area contributed by atoms with E-state index in [-0.39, 0.29) is 18.7 Å². The molecule has 0 radical (unpaired) electrons. The van der Waals surface area contributed by atoms with Crippen LogP contribution < -0.4 is 10.6 Å². The Morgan fingerprint density at radius 3 is 2.58 bits per heavy atom. The van der Waals surface area contributed by atoms with Crippen LogP contribution >= 0.6 is 0 Å². The summed E-state index contributed by atoms with van der Waals surface area (Å²) in [6.07, 6.45) is 0. The minimum atomic E-state index is -0.620. The predicted molar refractivity (Wildman–Crippen MR) is 77.2 cm³/mol. The van der Waals surface area contributed by atoms with Crippen LogP contribution in [0.2, 0.25) is 0 Å². The molecule has 2 amide bonds. The average molecular weight is 264 g/mol. The minimum absolute atomic E-state index is 0.0746. The number of hydrogen-bond donors (Lipinski definition) is 3. The van der Waals surface area contributed by atoms with Gasteiger partial charge in [0.15, 0.2) is 0 Å². The number of aliphatic hydroxyl groups is 1. The third kappa shape index (κ3) is 4.56. The van der Waals surface area contributed by atoms with Crippen LogP contribution in [-0.4, -0.2) is 23.3 Å². The van der Waals surface area contributed by atoms with Gasteiger partial charge < -0.3 is 15.7 Å². The summed E-state index contributed by atoms with van der Waals surface area (Å²) in [4.78, 5) is 11.9. The van der Waals surface area contributed by atoms with Gasteiger partial charge >= 0.3 is 6.03 Å². The molecule has 1 aromatic rings. The molecule has 4 nitrogen and oxygen atoms in total. The quantitative estimate of drug-likeness (QED) is 0.782. The maximum absolute atomic E-state index is 11.9. The second kappa shape index (κ2) is 6.06. The van der Waals surface area contributed by atoms with Gasteiger partial charge in [-0.15, -0.1) is 0 Å². The van der Waals surface area contributed by atoms with Crippen LogP contribution in [-0.2, 0) is 0 Å². The topological polar surface area (TPSA) is 61.4 Å². The van der Waals surface area contributed by atoms with Gasteiger partial charge in [0.2, 0.25) is 0 Å². The van der Waals surface area contributed by atoms with E-state index in [1.165, 1.54) is 5.56 Å². The highest BCUT2D eigenvalue weighted by Gasteiger charge is 2.20. The number of aryl methyl sites for hydroxylation is 2. The predicted octanol–water partition coefficient (Wildman–Crippen LogP) is 2.43. The molecule has 0 aromatic heterocycles. The lowest BCUT2D eigenvalue weighted by molar-refractivity contribution is 0.180. The first-order valence-electron chi connectivity index (χ1n) is 6.52. The Hall–Kier alpha value is -1.55. The molecule has 1 unspecified atom stereocenters. The van der Waals surface area contributed by atoms with Crippen molar-refractivity contribution in [2.45, 2.75) is 46.2 Å². The molecule has 0 aliphatic heterocycles. The lowest BCUT2D eigenvalue weighted by Gasteiger charge is -2.25. The zero-order valence-electron chi connectivity index (χ0n) is 12.4. The van der Waals surface area contributed by atoms with Crippen molar-refractivity contribution in [1.82, 2.24) is 10.6 Å². The summed E-state index contributed by atoms with van der Waals surface area (Å²) in [6.45, 7) is 9.46. The molecule has 19 heavy (non-hydrogen) atoms. The summed E-state index contributed by atoms with van der Waals surface area (Å²) in [7, 11) is 0. The van der Waals surface area contributed by atoms with Gasteiger partial charge in [-0.25, -0.2) is 4.79 Å². The molecule has 0 aliphatic carbocycles. The molecule has 0 saturated carbocycles. The third-order valence-electron chi connectivity index (χ3n) is 3.10. The Morgan fingerprint density at radius 2 is 2.00 bits per heavy atom. The average Bonchev–Trinajstić information content (AvgIpc) is 2.31. The molecule has 0 bridgehead atoms. The molecule has 0 spiro atoms. The Bertz CT molecular complexity index is 455. The largest absolute Gasteiger partial charge is 0.394 e. The highest BCUT2D eigenvalue weighted by Crippen LogP contribution is 2.18. The van der Waals surface area contributed by atoms with E-state index in [2.05, 4.69) is 28.8 Å². The van der Waals surface area contributed by atoms with Gasteiger partial charge in [-0.2, -0.15) is 0 Å². The van der Waals surface area contributed by atoms with E-state index < -0.39 is 5.54 Å². The van der Waals surface area contributed by atoms with Crippen molar-refractivity contribution in [3.63, 3.8) is 0 Å². The van der Waals surface area contributed by atoms with Gasteiger partial charge in [0.1, 0.15) is 0 Å². The molecule has 1 aromatic carbocycles. The zero-order chi connectivity index (χ0) is 14.6. The van der Waals surface area contributed by atoms with Crippen LogP contribution in [0.5, 0.6) is 0 Å². The highest BCUT2D eigenvalue weighted by atomic mass is 16.3. The number of urea groups is 1. The van der Waals surface area contributed by atoms with E-state index in [0.29, 0.717) is 0 Å². The van der Waals surface area contributed by atoms with E-state index in [1.807, 2.05) is 20.8 Å². The molecule has 0 heterocycles. The van der Waals surface area contributed by atoms with Crippen molar-refractivity contribution in [3.8, 4) is 0 Å². The third-order valence-corrected chi connectivity index (χ3v) is 3.10. The van der Waals surface area contributed by atoms with Crippen molar-refractivity contribution in [1.29, 1.82) is 0 Å². The lowest BCUT2D eigenvalue weighted by Crippen LogP contribution is -2.50. The minimum Gasteiger partial charge on any atom is -0.394 e. The van der Waals surface area contributed by atoms with Crippen LogP contribution in [0.1, 0.15) is 43.5 Å². The second-order valence-electron chi connectivity index (χ2n) is 5.72. The number of rotatable bonds is 4. The first-order chi connectivity index (χ1) is 8.75. The fourth-order valence-corrected chi connectivity index (χ4v) is 1.88.